The van der Waals surface area contributed by atoms with Crippen LogP contribution >= 0.6 is 0 Å². The van der Waals surface area contributed by atoms with E-state index in [2.05, 4.69) is 21.8 Å². The molecule has 0 aliphatic rings. The zero-order valence-corrected chi connectivity index (χ0v) is 17.5. The maximum Gasteiger partial charge on any atom is 0.251 e. The quantitative estimate of drug-likeness (QED) is 0.329. The molecular weight excluding hydrogens is 398 g/mol. The Labute approximate surface area is 181 Å². The number of hydrazone groups is 1. The van der Waals surface area contributed by atoms with Crippen LogP contribution in [0.25, 0.3) is 0 Å². The number of carbonyl (C=O) groups excluding carboxylic acids is 2. The zero-order chi connectivity index (χ0) is 22.5. The van der Waals surface area contributed by atoms with Crippen LogP contribution in [0, 0.1) is 12.3 Å². The van der Waals surface area contributed by atoms with Crippen molar-refractivity contribution in [3.05, 3.63) is 53.6 Å². The summed E-state index contributed by atoms with van der Waals surface area (Å²) in [4.78, 5) is 24.0. The number of hydrogen-bond acceptors (Lipinski definition) is 6. The summed E-state index contributed by atoms with van der Waals surface area (Å²) in [6.45, 7) is 2.64. The number of rotatable bonds is 11. The number of benzene rings is 2. The Bertz CT molecular complexity index is 949. The average molecular weight is 423 g/mol. The first-order chi connectivity index (χ1) is 15.1. The maximum absolute atomic E-state index is 12.1. The van der Waals surface area contributed by atoms with Gasteiger partial charge in [0.15, 0.2) is 11.5 Å². The molecule has 2 aromatic carbocycles. The molecule has 2 aromatic rings. The Balaban J connectivity index is 1.80. The van der Waals surface area contributed by atoms with Gasteiger partial charge in [-0.3, -0.25) is 9.59 Å². The van der Waals surface area contributed by atoms with Crippen molar-refractivity contribution in [2.24, 2.45) is 5.10 Å². The van der Waals surface area contributed by atoms with E-state index in [0.29, 0.717) is 35.0 Å². The summed E-state index contributed by atoms with van der Waals surface area (Å²) >= 11 is 0. The number of carbonyl (C=O) groups is 2. The largest absolute Gasteiger partial charge is 0.497 e. The van der Waals surface area contributed by atoms with E-state index >= 15 is 0 Å². The van der Waals surface area contributed by atoms with Crippen LogP contribution in [0.4, 0.5) is 0 Å². The van der Waals surface area contributed by atoms with E-state index in [-0.39, 0.29) is 31.4 Å². The van der Waals surface area contributed by atoms with E-state index in [1.165, 1.54) is 6.21 Å². The van der Waals surface area contributed by atoms with Crippen LogP contribution in [0.2, 0.25) is 0 Å². The van der Waals surface area contributed by atoms with Gasteiger partial charge in [-0.25, -0.2) is 5.43 Å². The third kappa shape index (κ3) is 7.74. The Kier molecular flexibility index (Phi) is 9.43. The molecule has 0 heterocycles. The molecule has 0 atom stereocenters. The highest BCUT2D eigenvalue weighted by Crippen LogP contribution is 2.27. The molecule has 0 fully saturated rings. The number of hydrogen-bond donors (Lipinski definition) is 2. The molecule has 0 aliphatic carbocycles. The first-order valence-corrected chi connectivity index (χ1v) is 9.64. The second-order valence-corrected chi connectivity index (χ2v) is 6.16. The predicted molar refractivity (Wildman–Crippen MR) is 118 cm³/mol. The van der Waals surface area contributed by atoms with Gasteiger partial charge in [-0.2, -0.15) is 5.10 Å². The third-order valence-electron chi connectivity index (χ3n) is 3.97. The van der Waals surface area contributed by atoms with Crippen molar-refractivity contribution >= 4 is 18.0 Å². The fourth-order valence-electron chi connectivity index (χ4n) is 2.48. The van der Waals surface area contributed by atoms with Gasteiger partial charge in [-0.15, -0.1) is 6.42 Å². The van der Waals surface area contributed by atoms with Crippen molar-refractivity contribution < 1.29 is 23.8 Å². The van der Waals surface area contributed by atoms with Gasteiger partial charge < -0.3 is 19.5 Å². The second-order valence-electron chi connectivity index (χ2n) is 6.16. The molecule has 2 amide bonds. The smallest absolute Gasteiger partial charge is 0.251 e. The van der Waals surface area contributed by atoms with Crippen LogP contribution in [-0.2, 0) is 4.79 Å². The molecular formula is C23H25N3O5. The summed E-state index contributed by atoms with van der Waals surface area (Å²) in [7, 11) is 1.55. The van der Waals surface area contributed by atoms with Crippen molar-refractivity contribution in [3.63, 3.8) is 0 Å². The molecule has 0 radical (unpaired) electrons. The van der Waals surface area contributed by atoms with Gasteiger partial charge in [0, 0.05) is 18.5 Å². The minimum absolute atomic E-state index is 0.0856. The molecule has 0 aromatic heterocycles. The van der Waals surface area contributed by atoms with E-state index in [1.54, 1.807) is 49.6 Å². The van der Waals surface area contributed by atoms with Crippen LogP contribution in [0.1, 0.15) is 29.3 Å². The molecule has 0 saturated heterocycles. The topological polar surface area (TPSA) is 98.2 Å². The van der Waals surface area contributed by atoms with Crippen molar-refractivity contribution in [2.75, 3.05) is 26.9 Å². The molecule has 8 nitrogen and oxygen atoms in total. The zero-order valence-electron chi connectivity index (χ0n) is 17.5. The van der Waals surface area contributed by atoms with E-state index in [1.807, 2.05) is 6.92 Å². The number of methoxy groups -OCH3 is 1. The SMILES string of the molecule is C#CCOc1ccc(C=NNC(=O)CCNC(=O)c2ccc(OC)cc2)cc1OCC. The highest BCUT2D eigenvalue weighted by Gasteiger charge is 2.07. The number of ether oxygens (including phenoxy) is 3. The molecule has 0 bridgehead atoms. The van der Waals surface area contributed by atoms with Crippen molar-refractivity contribution in [2.45, 2.75) is 13.3 Å². The summed E-state index contributed by atoms with van der Waals surface area (Å²) in [5.41, 5.74) is 3.62. The molecule has 0 saturated carbocycles. The number of terminal acetylenes is 1. The summed E-state index contributed by atoms with van der Waals surface area (Å²) in [5.74, 6) is 3.54. The van der Waals surface area contributed by atoms with E-state index < -0.39 is 0 Å². The third-order valence-corrected chi connectivity index (χ3v) is 3.97. The normalized spacial score (nSPS) is 10.2. The van der Waals surface area contributed by atoms with E-state index in [0.717, 1.165) is 0 Å². The van der Waals surface area contributed by atoms with Crippen molar-refractivity contribution in [1.82, 2.24) is 10.7 Å². The first-order valence-electron chi connectivity index (χ1n) is 9.64. The van der Waals surface area contributed by atoms with Gasteiger partial charge in [0.05, 0.1) is 19.9 Å². The number of nitrogens with zero attached hydrogens (tertiary/aromatic N) is 1. The van der Waals surface area contributed by atoms with Crippen LogP contribution in [0.15, 0.2) is 47.6 Å². The number of nitrogens with one attached hydrogen (secondary N) is 2. The van der Waals surface area contributed by atoms with Crippen LogP contribution in [0.5, 0.6) is 17.2 Å². The highest BCUT2D eigenvalue weighted by atomic mass is 16.5. The Morgan fingerprint density at radius 2 is 1.90 bits per heavy atom. The minimum Gasteiger partial charge on any atom is -0.497 e. The maximum atomic E-state index is 12.1. The highest BCUT2D eigenvalue weighted by molar-refractivity contribution is 5.94. The first kappa shape index (κ1) is 23.3. The lowest BCUT2D eigenvalue weighted by Crippen LogP contribution is -2.29. The fraction of sp³-hybridized carbons (Fsp3) is 0.261. The average Bonchev–Trinajstić information content (AvgIpc) is 2.78. The summed E-state index contributed by atoms with van der Waals surface area (Å²) in [6, 6.07) is 11.9. The molecule has 0 aliphatic heterocycles. The summed E-state index contributed by atoms with van der Waals surface area (Å²) < 4.78 is 16.0. The Morgan fingerprint density at radius 3 is 2.58 bits per heavy atom. The predicted octanol–water partition coefficient (Wildman–Crippen LogP) is 2.38. The lowest BCUT2D eigenvalue weighted by molar-refractivity contribution is -0.120. The van der Waals surface area contributed by atoms with Crippen LogP contribution in [0.3, 0.4) is 0 Å². The molecule has 162 valence electrons. The fourth-order valence-corrected chi connectivity index (χ4v) is 2.48. The summed E-state index contributed by atoms with van der Waals surface area (Å²) in [5, 5.41) is 6.61. The monoisotopic (exact) mass is 423 g/mol. The number of amides is 2. The standard InChI is InChI=1S/C23H25N3O5/c1-4-14-31-20-11-6-17(15-21(20)30-5-2)16-25-26-22(27)12-13-24-23(28)18-7-9-19(29-3)10-8-18/h1,6-11,15-16H,5,12-14H2,2-3H3,(H,24,28)(H,26,27). The molecule has 31 heavy (non-hydrogen) atoms. The lowest BCUT2D eigenvalue weighted by Gasteiger charge is -2.10. The van der Waals surface area contributed by atoms with Gasteiger partial charge >= 0.3 is 0 Å². The van der Waals surface area contributed by atoms with Gasteiger partial charge in [-0.05, 0) is 55.0 Å². The Hall–Kier alpha value is -3.99. The van der Waals surface area contributed by atoms with Gasteiger partial charge in [-0.1, -0.05) is 5.92 Å². The summed E-state index contributed by atoms with van der Waals surface area (Å²) in [6.07, 6.45) is 6.78. The molecule has 8 heteroatoms. The molecule has 2 rings (SSSR count). The van der Waals surface area contributed by atoms with Gasteiger partial charge in [0.2, 0.25) is 5.91 Å². The van der Waals surface area contributed by atoms with Gasteiger partial charge in [0.25, 0.3) is 5.91 Å². The van der Waals surface area contributed by atoms with Gasteiger partial charge in [0.1, 0.15) is 12.4 Å². The molecule has 0 unspecified atom stereocenters. The van der Waals surface area contributed by atoms with Crippen molar-refractivity contribution in [3.8, 4) is 29.6 Å². The lowest BCUT2D eigenvalue weighted by atomic mass is 10.2. The minimum atomic E-state index is -0.328. The van der Waals surface area contributed by atoms with E-state index in [9.17, 15) is 9.59 Å². The van der Waals surface area contributed by atoms with Crippen LogP contribution in [-0.4, -0.2) is 44.9 Å². The molecule has 0 spiro atoms. The Morgan fingerprint density at radius 1 is 1.13 bits per heavy atom. The van der Waals surface area contributed by atoms with Crippen molar-refractivity contribution in [1.29, 1.82) is 0 Å². The van der Waals surface area contributed by atoms with E-state index in [4.69, 9.17) is 20.6 Å². The second kappa shape index (κ2) is 12.5. The van der Waals surface area contributed by atoms with Crippen LogP contribution < -0.4 is 25.0 Å². The molecule has 2 N–H and O–H groups in total.